The first-order valence-corrected chi connectivity index (χ1v) is 8.10. The summed E-state index contributed by atoms with van der Waals surface area (Å²) in [5, 5.41) is 7.07. The fourth-order valence-electron chi connectivity index (χ4n) is 2.32. The maximum Gasteiger partial charge on any atom is 0.171 e. The highest BCUT2D eigenvalue weighted by Crippen LogP contribution is 2.11. The summed E-state index contributed by atoms with van der Waals surface area (Å²) < 4.78 is 0. The zero-order valence-corrected chi connectivity index (χ0v) is 14.0. The monoisotopic (exact) mass is 313 g/mol. The van der Waals surface area contributed by atoms with Gasteiger partial charge in [0.15, 0.2) is 5.11 Å². The zero-order chi connectivity index (χ0) is 15.8. The highest BCUT2D eigenvalue weighted by molar-refractivity contribution is 7.80. The van der Waals surface area contributed by atoms with Crippen molar-refractivity contribution in [3.8, 4) is 0 Å². The summed E-state index contributed by atoms with van der Waals surface area (Å²) in [5.41, 5.74) is 2.35. The van der Waals surface area contributed by atoms with Gasteiger partial charge in [-0.05, 0) is 49.2 Å². The molecule has 2 aromatic rings. The molecule has 3 nitrogen and oxygen atoms in total. The van der Waals surface area contributed by atoms with Gasteiger partial charge in [0, 0.05) is 12.2 Å². The lowest BCUT2D eigenvalue weighted by Gasteiger charge is -2.17. The smallest absolute Gasteiger partial charge is 0.171 e. The van der Waals surface area contributed by atoms with Gasteiger partial charge in [0.25, 0.3) is 0 Å². The highest BCUT2D eigenvalue weighted by Gasteiger charge is 2.08. The SMILES string of the molecule is CC[C@@H](CNC(=S)Nc1cccc(C)n1)Cc1ccccc1. The van der Waals surface area contributed by atoms with E-state index in [2.05, 4.69) is 52.9 Å². The Labute approximate surface area is 138 Å². The zero-order valence-electron chi connectivity index (χ0n) is 13.2. The van der Waals surface area contributed by atoms with Gasteiger partial charge in [-0.1, -0.05) is 49.7 Å². The molecule has 0 fully saturated rings. The number of nitrogens with one attached hydrogen (secondary N) is 2. The number of thiocarbonyl (C=S) groups is 1. The molecule has 2 N–H and O–H groups in total. The Morgan fingerprint density at radius 3 is 2.59 bits per heavy atom. The lowest BCUT2D eigenvalue weighted by atomic mass is 9.97. The topological polar surface area (TPSA) is 37.0 Å². The molecule has 1 aromatic carbocycles. The Hall–Kier alpha value is -1.94. The van der Waals surface area contributed by atoms with Crippen molar-refractivity contribution in [1.29, 1.82) is 0 Å². The lowest BCUT2D eigenvalue weighted by Crippen LogP contribution is -2.33. The molecule has 0 aliphatic carbocycles. The lowest BCUT2D eigenvalue weighted by molar-refractivity contribution is 0.498. The second-order valence-corrected chi connectivity index (χ2v) is 5.87. The number of benzene rings is 1. The summed E-state index contributed by atoms with van der Waals surface area (Å²) >= 11 is 5.35. The predicted octanol–water partition coefficient (Wildman–Crippen LogP) is 3.95. The van der Waals surface area contributed by atoms with E-state index < -0.39 is 0 Å². The molecule has 0 saturated heterocycles. The normalized spacial score (nSPS) is 11.7. The molecular weight excluding hydrogens is 290 g/mol. The maximum absolute atomic E-state index is 5.35. The molecule has 1 atom stereocenters. The van der Waals surface area contributed by atoms with Gasteiger partial charge in [-0.3, -0.25) is 0 Å². The van der Waals surface area contributed by atoms with Crippen LogP contribution in [0.25, 0.3) is 0 Å². The molecular formula is C18H23N3S. The molecule has 1 aromatic heterocycles. The second-order valence-electron chi connectivity index (χ2n) is 5.46. The Morgan fingerprint density at radius 2 is 1.91 bits per heavy atom. The van der Waals surface area contributed by atoms with Crippen LogP contribution in [0.2, 0.25) is 0 Å². The van der Waals surface area contributed by atoms with Crippen LogP contribution in [0.4, 0.5) is 5.82 Å². The summed E-state index contributed by atoms with van der Waals surface area (Å²) in [6.07, 6.45) is 2.18. The second kappa shape index (κ2) is 8.49. The van der Waals surface area contributed by atoms with E-state index in [0.29, 0.717) is 11.0 Å². The first-order valence-electron chi connectivity index (χ1n) is 7.69. The van der Waals surface area contributed by atoms with E-state index >= 15 is 0 Å². The summed E-state index contributed by atoms with van der Waals surface area (Å²) in [4.78, 5) is 4.39. The number of hydrogen-bond donors (Lipinski definition) is 2. The van der Waals surface area contributed by atoms with Gasteiger partial charge < -0.3 is 10.6 Å². The van der Waals surface area contributed by atoms with Crippen molar-refractivity contribution >= 4 is 23.1 Å². The van der Waals surface area contributed by atoms with Crippen molar-refractivity contribution < 1.29 is 0 Å². The molecule has 0 saturated carbocycles. The van der Waals surface area contributed by atoms with Crippen LogP contribution >= 0.6 is 12.2 Å². The Kier molecular flexibility index (Phi) is 6.34. The van der Waals surface area contributed by atoms with Crippen LogP contribution in [-0.4, -0.2) is 16.6 Å². The van der Waals surface area contributed by atoms with Crippen LogP contribution in [-0.2, 0) is 6.42 Å². The number of nitrogens with zero attached hydrogens (tertiary/aromatic N) is 1. The minimum Gasteiger partial charge on any atom is -0.362 e. The molecule has 0 radical (unpaired) electrons. The maximum atomic E-state index is 5.35. The largest absolute Gasteiger partial charge is 0.362 e. The number of aromatic nitrogens is 1. The molecule has 0 unspecified atom stereocenters. The fraction of sp³-hybridized carbons (Fsp3) is 0.333. The summed E-state index contributed by atoms with van der Waals surface area (Å²) in [6, 6.07) is 16.4. The van der Waals surface area contributed by atoms with Crippen LogP contribution in [0, 0.1) is 12.8 Å². The summed E-state index contributed by atoms with van der Waals surface area (Å²) in [7, 11) is 0. The molecule has 0 bridgehead atoms. The van der Waals surface area contributed by atoms with E-state index in [1.165, 1.54) is 5.56 Å². The van der Waals surface area contributed by atoms with Crippen LogP contribution in [0.5, 0.6) is 0 Å². The molecule has 116 valence electrons. The minimum atomic E-state index is 0.563. The van der Waals surface area contributed by atoms with E-state index in [1.807, 2.05) is 25.1 Å². The van der Waals surface area contributed by atoms with Gasteiger partial charge >= 0.3 is 0 Å². The van der Waals surface area contributed by atoms with E-state index in [-0.39, 0.29) is 0 Å². The van der Waals surface area contributed by atoms with Crippen LogP contribution in [0.1, 0.15) is 24.6 Å². The van der Waals surface area contributed by atoms with E-state index in [9.17, 15) is 0 Å². The van der Waals surface area contributed by atoms with Gasteiger partial charge in [-0.15, -0.1) is 0 Å². The Morgan fingerprint density at radius 1 is 1.14 bits per heavy atom. The number of aryl methyl sites for hydroxylation is 1. The van der Waals surface area contributed by atoms with Gasteiger partial charge in [0.05, 0.1) is 0 Å². The predicted molar refractivity (Wildman–Crippen MR) is 97.1 cm³/mol. The minimum absolute atomic E-state index is 0.563. The van der Waals surface area contributed by atoms with Crippen LogP contribution in [0.3, 0.4) is 0 Å². The third kappa shape index (κ3) is 5.45. The van der Waals surface area contributed by atoms with Crippen molar-refractivity contribution in [2.24, 2.45) is 5.92 Å². The molecule has 1 heterocycles. The van der Waals surface area contributed by atoms with E-state index in [0.717, 1.165) is 30.9 Å². The average Bonchev–Trinajstić information content (AvgIpc) is 2.52. The van der Waals surface area contributed by atoms with Gasteiger partial charge in [0.1, 0.15) is 5.82 Å². The molecule has 2 rings (SSSR count). The molecule has 0 amide bonds. The molecule has 0 spiro atoms. The third-order valence-corrected chi connectivity index (χ3v) is 3.87. The van der Waals surface area contributed by atoms with Crippen molar-refractivity contribution in [1.82, 2.24) is 10.3 Å². The van der Waals surface area contributed by atoms with Gasteiger partial charge in [0.2, 0.25) is 0 Å². The van der Waals surface area contributed by atoms with Crippen molar-refractivity contribution in [2.75, 3.05) is 11.9 Å². The van der Waals surface area contributed by atoms with Crippen LogP contribution < -0.4 is 10.6 Å². The number of hydrogen-bond acceptors (Lipinski definition) is 2. The quantitative estimate of drug-likeness (QED) is 0.792. The van der Waals surface area contributed by atoms with Crippen molar-refractivity contribution in [2.45, 2.75) is 26.7 Å². The van der Waals surface area contributed by atoms with E-state index in [1.54, 1.807) is 0 Å². The summed E-state index contributed by atoms with van der Waals surface area (Å²) in [6.45, 7) is 5.05. The first-order chi connectivity index (χ1) is 10.7. The first kappa shape index (κ1) is 16.4. The van der Waals surface area contributed by atoms with Gasteiger partial charge in [-0.25, -0.2) is 4.98 Å². The van der Waals surface area contributed by atoms with E-state index in [4.69, 9.17) is 12.2 Å². The number of rotatable bonds is 6. The average molecular weight is 313 g/mol. The van der Waals surface area contributed by atoms with Crippen LogP contribution in [0.15, 0.2) is 48.5 Å². The Bertz CT molecular complexity index is 598. The molecule has 0 aliphatic rings. The number of pyridine rings is 1. The molecule has 22 heavy (non-hydrogen) atoms. The summed E-state index contributed by atoms with van der Waals surface area (Å²) in [5.74, 6) is 1.35. The standard InChI is InChI=1S/C18H23N3S/c1-3-15(12-16-9-5-4-6-10-16)13-19-18(22)21-17-11-7-8-14(2)20-17/h4-11,15H,3,12-13H2,1-2H3,(H2,19,20,21,22)/t15-/m1/s1. The van der Waals surface area contributed by atoms with Crippen molar-refractivity contribution in [3.05, 3.63) is 59.8 Å². The van der Waals surface area contributed by atoms with Crippen molar-refractivity contribution in [3.63, 3.8) is 0 Å². The van der Waals surface area contributed by atoms with Gasteiger partial charge in [-0.2, -0.15) is 0 Å². The highest BCUT2D eigenvalue weighted by atomic mass is 32.1. The third-order valence-electron chi connectivity index (χ3n) is 3.63. The fourth-order valence-corrected chi connectivity index (χ4v) is 2.51. The molecule has 4 heteroatoms. The Balaban J connectivity index is 1.81. The number of anilines is 1. The molecule has 0 aliphatic heterocycles.